The average molecular weight is 378 g/mol. The first-order valence-electron chi connectivity index (χ1n) is 7.03. The highest BCUT2D eigenvalue weighted by Crippen LogP contribution is 2.22. The minimum atomic E-state index is -0.521. The number of carbonyl (C=O) groups excluding carboxylic acids is 1. The van der Waals surface area contributed by atoms with Gasteiger partial charge in [0.15, 0.2) is 0 Å². The van der Waals surface area contributed by atoms with Gasteiger partial charge in [0.05, 0.1) is 18.8 Å². The van der Waals surface area contributed by atoms with Gasteiger partial charge in [-0.3, -0.25) is 4.79 Å². The number of nitrogens with one attached hydrogen (secondary N) is 1. The standard InChI is InChI=1S/C15H18Cl2N4O.ClH/c1-2-3-13(18)15(22)20-14-6-7-19-21(14)9-10-4-5-11(16)8-12(10)17;/h4-8,13H,2-3,9,18H2,1H3,(H,20,22);1H. The zero-order chi connectivity index (χ0) is 16.1. The third-order valence-corrected chi connectivity index (χ3v) is 3.83. The smallest absolute Gasteiger partial charge is 0.242 e. The fourth-order valence-corrected chi connectivity index (χ4v) is 2.51. The minimum Gasteiger partial charge on any atom is -0.320 e. The van der Waals surface area contributed by atoms with Crippen molar-refractivity contribution in [2.75, 3.05) is 5.32 Å². The number of rotatable bonds is 6. The van der Waals surface area contributed by atoms with E-state index in [-0.39, 0.29) is 18.3 Å². The van der Waals surface area contributed by atoms with Crippen molar-refractivity contribution < 1.29 is 4.79 Å². The molecular formula is C15H19Cl3N4O. The van der Waals surface area contributed by atoms with Gasteiger partial charge in [0.25, 0.3) is 0 Å². The molecule has 0 radical (unpaired) electrons. The lowest BCUT2D eigenvalue weighted by Gasteiger charge is -2.13. The normalized spacial score (nSPS) is 11.7. The summed E-state index contributed by atoms with van der Waals surface area (Å²) in [5.74, 6) is 0.369. The van der Waals surface area contributed by atoms with Crippen molar-refractivity contribution in [3.05, 3.63) is 46.1 Å². The lowest BCUT2D eigenvalue weighted by atomic mass is 10.2. The number of aromatic nitrogens is 2. The molecule has 0 fully saturated rings. The van der Waals surface area contributed by atoms with E-state index in [0.717, 1.165) is 12.0 Å². The number of amides is 1. The SMILES string of the molecule is CCCC(N)C(=O)Nc1ccnn1Cc1ccc(Cl)cc1Cl.Cl. The first-order chi connectivity index (χ1) is 10.5. The van der Waals surface area contributed by atoms with E-state index in [4.69, 9.17) is 28.9 Å². The van der Waals surface area contributed by atoms with Crippen molar-refractivity contribution in [3.8, 4) is 0 Å². The summed E-state index contributed by atoms with van der Waals surface area (Å²) in [4.78, 5) is 12.0. The minimum absolute atomic E-state index is 0. The highest BCUT2D eigenvalue weighted by atomic mass is 35.5. The molecule has 0 aliphatic carbocycles. The third-order valence-electron chi connectivity index (χ3n) is 3.24. The van der Waals surface area contributed by atoms with Crippen molar-refractivity contribution in [3.63, 3.8) is 0 Å². The zero-order valence-corrected chi connectivity index (χ0v) is 15.0. The Balaban J connectivity index is 0.00000264. The van der Waals surface area contributed by atoms with E-state index in [9.17, 15) is 4.79 Å². The molecule has 126 valence electrons. The molecule has 0 bridgehead atoms. The molecule has 1 atom stereocenters. The van der Waals surface area contributed by atoms with Crippen LogP contribution in [0.2, 0.25) is 10.0 Å². The monoisotopic (exact) mass is 376 g/mol. The van der Waals surface area contributed by atoms with Crippen LogP contribution in [-0.4, -0.2) is 21.7 Å². The number of nitrogens with zero attached hydrogens (tertiary/aromatic N) is 2. The van der Waals surface area contributed by atoms with E-state index in [1.165, 1.54) is 0 Å². The quantitative estimate of drug-likeness (QED) is 0.805. The van der Waals surface area contributed by atoms with Gasteiger partial charge in [0, 0.05) is 16.1 Å². The second kappa shape index (κ2) is 9.13. The van der Waals surface area contributed by atoms with Gasteiger partial charge in [-0.1, -0.05) is 42.6 Å². The topological polar surface area (TPSA) is 72.9 Å². The van der Waals surface area contributed by atoms with Crippen LogP contribution in [0.3, 0.4) is 0 Å². The number of halogens is 3. The van der Waals surface area contributed by atoms with E-state index in [1.54, 1.807) is 29.1 Å². The molecule has 2 aromatic rings. The van der Waals surface area contributed by atoms with Crippen molar-refractivity contribution in [2.45, 2.75) is 32.4 Å². The molecule has 0 saturated heterocycles. The summed E-state index contributed by atoms with van der Waals surface area (Å²) in [6.07, 6.45) is 3.11. The Bertz CT molecular complexity index is 660. The van der Waals surface area contributed by atoms with Gasteiger partial charge in [-0.25, -0.2) is 4.68 Å². The Morgan fingerprint density at radius 1 is 1.39 bits per heavy atom. The largest absolute Gasteiger partial charge is 0.320 e. The van der Waals surface area contributed by atoms with E-state index in [1.807, 2.05) is 13.0 Å². The second-order valence-electron chi connectivity index (χ2n) is 4.99. The number of hydrogen-bond acceptors (Lipinski definition) is 3. The molecule has 0 aliphatic rings. The molecule has 2 rings (SSSR count). The number of carbonyl (C=O) groups is 1. The molecule has 8 heteroatoms. The Labute approximate surface area is 151 Å². The summed E-state index contributed by atoms with van der Waals surface area (Å²) in [5.41, 5.74) is 6.67. The van der Waals surface area contributed by atoms with Gasteiger partial charge < -0.3 is 11.1 Å². The number of hydrogen-bond donors (Lipinski definition) is 2. The van der Waals surface area contributed by atoms with Crippen LogP contribution in [0, 0.1) is 0 Å². The van der Waals surface area contributed by atoms with Gasteiger partial charge in [-0.05, 0) is 24.1 Å². The molecule has 1 aromatic carbocycles. The summed E-state index contributed by atoms with van der Waals surface area (Å²) in [6, 6.07) is 6.48. The first-order valence-corrected chi connectivity index (χ1v) is 7.79. The summed E-state index contributed by atoms with van der Waals surface area (Å²) in [6.45, 7) is 2.42. The molecule has 5 nitrogen and oxygen atoms in total. The van der Waals surface area contributed by atoms with Gasteiger partial charge >= 0.3 is 0 Å². The fraction of sp³-hybridized carbons (Fsp3) is 0.333. The molecular weight excluding hydrogens is 359 g/mol. The Hall–Kier alpha value is -1.27. The lowest BCUT2D eigenvalue weighted by Crippen LogP contribution is -2.36. The molecule has 0 aliphatic heterocycles. The molecule has 1 heterocycles. The van der Waals surface area contributed by atoms with Crippen molar-refractivity contribution in [2.24, 2.45) is 5.73 Å². The Morgan fingerprint density at radius 3 is 2.78 bits per heavy atom. The van der Waals surface area contributed by atoms with E-state index < -0.39 is 6.04 Å². The van der Waals surface area contributed by atoms with E-state index >= 15 is 0 Å². The maximum Gasteiger partial charge on any atom is 0.242 e. The second-order valence-corrected chi connectivity index (χ2v) is 5.84. The summed E-state index contributed by atoms with van der Waals surface area (Å²) in [7, 11) is 0. The summed E-state index contributed by atoms with van der Waals surface area (Å²) >= 11 is 12.0. The van der Waals surface area contributed by atoms with Crippen LogP contribution in [-0.2, 0) is 11.3 Å². The third kappa shape index (κ3) is 5.39. The molecule has 1 unspecified atom stereocenters. The molecule has 1 amide bonds. The maximum absolute atomic E-state index is 12.0. The van der Waals surface area contributed by atoms with Crippen molar-refractivity contribution in [1.82, 2.24) is 9.78 Å². The van der Waals surface area contributed by atoms with Gasteiger partial charge in [0.2, 0.25) is 5.91 Å². The van der Waals surface area contributed by atoms with Crippen molar-refractivity contribution in [1.29, 1.82) is 0 Å². The Kier molecular flexibility index (Phi) is 7.85. The van der Waals surface area contributed by atoms with Crippen molar-refractivity contribution >= 4 is 47.3 Å². The molecule has 23 heavy (non-hydrogen) atoms. The predicted molar refractivity (Wildman–Crippen MR) is 96.6 cm³/mol. The van der Waals surface area contributed by atoms with Crippen LogP contribution in [0.4, 0.5) is 5.82 Å². The van der Waals surface area contributed by atoms with Crippen LogP contribution >= 0.6 is 35.6 Å². The molecule has 3 N–H and O–H groups in total. The van der Waals surface area contributed by atoms with Gasteiger partial charge in [0.1, 0.15) is 5.82 Å². The highest BCUT2D eigenvalue weighted by molar-refractivity contribution is 6.35. The van der Waals surface area contributed by atoms with Crippen LogP contribution < -0.4 is 11.1 Å². The maximum atomic E-state index is 12.0. The molecule has 0 saturated carbocycles. The van der Waals surface area contributed by atoms with E-state index in [0.29, 0.717) is 28.8 Å². The van der Waals surface area contributed by atoms with Crippen LogP contribution in [0.15, 0.2) is 30.5 Å². The lowest BCUT2D eigenvalue weighted by molar-refractivity contribution is -0.117. The van der Waals surface area contributed by atoms with Crippen LogP contribution in [0.1, 0.15) is 25.3 Å². The summed E-state index contributed by atoms with van der Waals surface area (Å²) in [5, 5.41) is 8.13. The molecule has 1 aromatic heterocycles. The van der Waals surface area contributed by atoms with Crippen LogP contribution in [0.25, 0.3) is 0 Å². The summed E-state index contributed by atoms with van der Waals surface area (Å²) < 4.78 is 1.66. The number of benzene rings is 1. The number of anilines is 1. The predicted octanol–water partition coefficient (Wildman–Crippen LogP) is 3.73. The van der Waals surface area contributed by atoms with Gasteiger partial charge in [-0.2, -0.15) is 5.10 Å². The first kappa shape index (κ1) is 19.8. The average Bonchev–Trinajstić information content (AvgIpc) is 2.89. The number of nitrogens with two attached hydrogens (primary N) is 1. The van der Waals surface area contributed by atoms with Gasteiger partial charge in [-0.15, -0.1) is 12.4 Å². The fourth-order valence-electron chi connectivity index (χ4n) is 2.04. The zero-order valence-electron chi connectivity index (χ0n) is 12.6. The van der Waals surface area contributed by atoms with E-state index in [2.05, 4.69) is 10.4 Å². The Morgan fingerprint density at radius 2 is 2.13 bits per heavy atom. The highest BCUT2D eigenvalue weighted by Gasteiger charge is 2.15. The molecule has 0 spiro atoms. The van der Waals surface area contributed by atoms with Crippen LogP contribution in [0.5, 0.6) is 0 Å².